The van der Waals surface area contributed by atoms with Crippen LogP contribution in [0.15, 0.2) is 52.6 Å². The summed E-state index contributed by atoms with van der Waals surface area (Å²) in [7, 11) is 0. The van der Waals surface area contributed by atoms with Crippen LogP contribution in [0.5, 0.6) is 0 Å². The highest BCUT2D eigenvalue weighted by atomic mass is 35.5. The van der Waals surface area contributed by atoms with Gasteiger partial charge < -0.3 is 0 Å². The Kier molecular flexibility index (Phi) is 4.04. The monoisotopic (exact) mass is 366 g/mol. The number of hydrogen-bond donors (Lipinski definition) is 1. The number of H-pyrrole nitrogens is 1. The topological polar surface area (TPSA) is 54.9 Å². The first-order valence-corrected chi connectivity index (χ1v) is 7.39. The van der Waals surface area contributed by atoms with E-state index in [4.69, 9.17) is 11.6 Å². The molecule has 0 aliphatic rings. The van der Waals surface area contributed by atoms with Crippen LogP contribution in [0.25, 0.3) is 22.7 Å². The van der Waals surface area contributed by atoms with Gasteiger partial charge in [-0.15, -0.1) is 0 Å². The van der Waals surface area contributed by atoms with E-state index < -0.39 is 23.0 Å². The summed E-state index contributed by atoms with van der Waals surface area (Å²) in [4.78, 5) is 26.4. The molecule has 0 atom stereocenters. The van der Waals surface area contributed by atoms with Crippen LogP contribution in [-0.4, -0.2) is 9.55 Å². The van der Waals surface area contributed by atoms with Gasteiger partial charge in [0.25, 0.3) is 5.56 Å². The fourth-order valence-corrected chi connectivity index (χ4v) is 2.81. The van der Waals surface area contributed by atoms with Gasteiger partial charge in [0, 0.05) is 0 Å². The molecule has 3 rings (SSSR count). The average molecular weight is 367 g/mol. The van der Waals surface area contributed by atoms with Gasteiger partial charge in [0.2, 0.25) is 0 Å². The van der Waals surface area contributed by atoms with E-state index >= 15 is 0 Å². The van der Waals surface area contributed by atoms with Crippen LogP contribution < -0.4 is 11.2 Å². The molecule has 128 valence electrons. The van der Waals surface area contributed by atoms with Crippen LogP contribution in [-0.2, 0) is 6.18 Å². The van der Waals surface area contributed by atoms with Gasteiger partial charge in [-0.2, -0.15) is 13.2 Å². The van der Waals surface area contributed by atoms with Crippen molar-refractivity contribution in [3.63, 3.8) is 0 Å². The Hall–Kier alpha value is -2.80. The van der Waals surface area contributed by atoms with E-state index in [1.807, 2.05) is 0 Å². The quantitative estimate of drug-likeness (QED) is 0.745. The first-order chi connectivity index (χ1) is 11.7. The van der Waals surface area contributed by atoms with Crippen LogP contribution in [0.3, 0.4) is 0 Å². The summed E-state index contributed by atoms with van der Waals surface area (Å²) < 4.78 is 40.9. The van der Waals surface area contributed by atoms with Crippen molar-refractivity contribution in [2.45, 2.75) is 6.18 Å². The molecule has 0 bridgehead atoms. The number of halogens is 4. The van der Waals surface area contributed by atoms with Crippen LogP contribution in [0.2, 0.25) is 5.02 Å². The normalized spacial score (nSPS) is 11.7. The molecular weight excluding hydrogens is 357 g/mol. The van der Waals surface area contributed by atoms with Gasteiger partial charge in [0.05, 0.1) is 27.2 Å². The zero-order valence-corrected chi connectivity index (χ0v) is 13.3. The average Bonchev–Trinajstić information content (AvgIpc) is 2.54. The molecule has 1 N–H and O–H groups in total. The molecule has 25 heavy (non-hydrogen) atoms. The highest BCUT2D eigenvalue weighted by molar-refractivity contribution is 6.32. The van der Waals surface area contributed by atoms with Crippen molar-refractivity contribution in [3.05, 3.63) is 80.0 Å². The van der Waals surface area contributed by atoms with E-state index in [1.165, 1.54) is 12.1 Å². The molecule has 0 amide bonds. The Bertz CT molecular complexity index is 1110. The standard InChI is InChI=1S/C17H10ClF3N2O2/c1-2-9-7-10-14(8-11(9)17(19,20)21)23(16(25)22-15(10)24)13-6-4-3-5-12(13)18/h2-8H,1H2,(H,22,24,25). The Balaban J connectivity index is 2.55. The van der Waals surface area contributed by atoms with E-state index in [-0.39, 0.29) is 27.2 Å². The third-order valence-electron chi connectivity index (χ3n) is 3.70. The van der Waals surface area contributed by atoms with Gasteiger partial charge in [-0.05, 0) is 29.8 Å². The van der Waals surface area contributed by atoms with E-state index in [2.05, 4.69) is 11.6 Å². The van der Waals surface area contributed by atoms with Gasteiger partial charge in [-0.25, -0.2) is 4.79 Å². The van der Waals surface area contributed by atoms with Gasteiger partial charge in [-0.1, -0.05) is 36.4 Å². The van der Waals surface area contributed by atoms with Gasteiger partial charge in [0.1, 0.15) is 0 Å². The van der Waals surface area contributed by atoms with Crippen molar-refractivity contribution >= 4 is 28.6 Å². The molecular formula is C17H10ClF3N2O2. The lowest BCUT2D eigenvalue weighted by molar-refractivity contribution is -0.137. The molecule has 1 aromatic heterocycles. The molecule has 2 aromatic carbocycles. The second kappa shape index (κ2) is 5.93. The van der Waals surface area contributed by atoms with Gasteiger partial charge >= 0.3 is 11.9 Å². The Morgan fingerprint density at radius 2 is 1.84 bits per heavy atom. The number of aromatic amines is 1. The molecule has 3 aromatic rings. The lowest BCUT2D eigenvalue weighted by atomic mass is 10.0. The lowest BCUT2D eigenvalue weighted by Crippen LogP contribution is -2.30. The van der Waals surface area contributed by atoms with E-state index in [1.54, 1.807) is 12.1 Å². The maximum absolute atomic E-state index is 13.3. The minimum atomic E-state index is -4.68. The molecule has 0 saturated carbocycles. The first kappa shape index (κ1) is 17.0. The number of nitrogens with one attached hydrogen (secondary N) is 1. The van der Waals surface area contributed by atoms with Crippen LogP contribution >= 0.6 is 11.6 Å². The van der Waals surface area contributed by atoms with Crippen molar-refractivity contribution in [3.8, 4) is 5.69 Å². The SMILES string of the molecule is C=Cc1cc2c(=O)[nH]c(=O)n(-c3ccccc3Cl)c2cc1C(F)(F)F. The molecule has 4 nitrogen and oxygen atoms in total. The summed E-state index contributed by atoms with van der Waals surface area (Å²) in [6.45, 7) is 3.35. The molecule has 0 spiro atoms. The molecule has 0 aliphatic carbocycles. The van der Waals surface area contributed by atoms with Crippen LogP contribution in [0.1, 0.15) is 11.1 Å². The van der Waals surface area contributed by atoms with Crippen LogP contribution in [0, 0.1) is 0 Å². The number of aromatic nitrogens is 2. The molecule has 0 unspecified atom stereocenters. The largest absolute Gasteiger partial charge is 0.417 e. The highest BCUT2D eigenvalue weighted by Crippen LogP contribution is 2.35. The number of fused-ring (bicyclic) bond motifs is 1. The number of alkyl halides is 3. The van der Waals surface area contributed by atoms with Crippen LogP contribution in [0.4, 0.5) is 13.2 Å². The summed E-state index contributed by atoms with van der Waals surface area (Å²) in [6, 6.07) is 7.96. The Morgan fingerprint density at radius 3 is 2.44 bits per heavy atom. The smallest absolute Gasteiger partial charge is 0.273 e. The summed E-state index contributed by atoms with van der Waals surface area (Å²) in [6.07, 6.45) is -3.67. The summed E-state index contributed by atoms with van der Waals surface area (Å²) in [5.74, 6) is 0. The summed E-state index contributed by atoms with van der Waals surface area (Å²) >= 11 is 6.07. The molecule has 0 aliphatic heterocycles. The molecule has 1 heterocycles. The minimum absolute atomic E-state index is 0.0811. The third-order valence-corrected chi connectivity index (χ3v) is 4.02. The molecule has 0 radical (unpaired) electrons. The van der Waals surface area contributed by atoms with Gasteiger partial charge in [-0.3, -0.25) is 14.3 Å². The summed E-state index contributed by atoms with van der Waals surface area (Å²) in [5, 5.41) is 0.0710. The van der Waals surface area contributed by atoms with Crippen molar-refractivity contribution in [1.29, 1.82) is 0 Å². The van der Waals surface area contributed by atoms with E-state index in [0.29, 0.717) is 0 Å². The third kappa shape index (κ3) is 2.87. The predicted molar refractivity (Wildman–Crippen MR) is 90.3 cm³/mol. The maximum Gasteiger partial charge on any atom is 0.417 e. The zero-order valence-electron chi connectivity index (χ0n) is 12.5. The van der Waals surface area contributed by atoms with Gasteiger partial charge in [0.15, 0.2) is 0 Å². The number of nitrogens with zero attached hydrogens (tertiary/aromatic N) is 1. The van der Waals surface area contributed by atoms with E-state index in [9.17, 15) is 22.8 Å². The van der Waals surface area contributed by atoms with Crippen molar-refractivity contribution in [2.24, 2.45) is 0 Å². The van der Waals surface area contributed by atoms with E-state index in [0.717, 1.165) is 22.8 Å². The fourth-order valence-electron chi connectivity index (χ4n) is 2.59. The maximum atomic E-state index is 13.3. The zero-order chi connectivity index (χ0) is 18.4. The predicted octanol–water partition coefficient (Wildman–Crippen LogP) is 3.99. The molecule has 8 heteroatoms. The summed E-state index contributed by atoms with van der Waals surface area (Å²) in [5.41, 5.74) is -2.96. The minimum Gasteiger partial charge on any atom is -0.273 e. The van der Waals surface area contributed by atoms with Crippen molar-refractivity contribution in [1.82, 2.24) is 9.55 Å². The molecule has 0 fully saturated rings. The number of hydrogen-bond acceptors (Lipinski definition) is 2. The second-order valence-electron chi connectivity index (χ2n) is 5.20. The second-order valence-corrected chi connectivity index (χ2v) is 5.61. The van der Waals surface area contributed by atoms with Crippen molar-refractivity contribution < 1.29 is 13.2 Å². The molecule has 0 saturated heterocycles. The number of para-hydroxylation sites is 1. The number of benzene rings is 2. The first-order valence-electron chi connectivity index (χ1n) is 7.01. The Labute approximate surface area is 143 Å². The fraction of sp³-hybridized carbons (Fsp3) is 0.0588. The highest BCUT2D eigenvalue weighted by Gasteiger charge is 2.33. The Morgan fingerprint density at radius 1 is 1.16 bits per heavy atom. The number of rotatable bonds is 2. The lowest BCUT2D eigenvalue weighted by Gasteiger charge is -2.15. The van der Waals surface area contributed by atoms with Crippen molar-refractivity contribution in [2.75, 3.05) is 0 Å².